The highest BCUT2D eigenvalue weighted by molar-refractivity contribution is 7.19. The Kier molecular flexibility index (Phi) is 3.64. The molecule has 1 nitrogen and oxygen atoms in total. The number of thiophene rings is 2. The average molecular weight is 292 g/mol. The summed E-state index contributed by atoms with van der Waals surface area (Å²) in [6, 6.07) is 8.78. The summed E-state index contributed by atoms with van der Waals surface area (Å²) in [5, 5.41) is 15.4. The van der Waals surface area contributed by atoms with E-state index in [0.29, 0.717) is 6.42 Å². The van der Waals surface area contributed by atoms with Crippen LogP contribution >= 0.6 is 22.7 Å². The first-order valence-electron chi connectivity index (χ1n) is 6.10. The van der Waals surface area contributed by atoms with Gasteiger partial charge in [-0.15, -0.1) is 11.3 Å². The van der Waals surface area contributed by atoms with Gasteiger partial charge in [0.25, 0.3) is 0 Å². The molecule has 0 saturated heterocycles. The predicted octanol–water partition coefficient (Wildman–Crippen LogP) is 4.77. The van der Waals surface area contributed by atoms with Gasteiger partial charge in [0.2, 0.25) is 0 Å². The SMILES string of the molecule is OC(CCc1ccsc1)c1cc2ccc(F)cc2s1. The molecule has 3 rings (SSSR count). The molecule has 0 aliphatic heterocycles. The molecule has 1 unspecified atom stereocenters. The molecule has 4 heteroatoms. The Morgan fingerprint density at radius 2 is 2.11 bits per heavy atom. The summed E-state index contributed by atoms with van der Waals surface area (Å²) >= 11 is 3.14. The lowest BCUT2D eigenvalue weighted by Crippen LogP contribution is -1.96. The maximum absolute atomic E-state index is 13.1. The van der Waals surface area contributed by atoms with Crippen molar-refractivity contribution in [2.45, 2.75) is 18.9 Å². The minimum absolute atomic E-state index is 0.228. The van der Waals surface area contributed by atoms with Gasteiger partial charge in [0.1, 0.15) is 5.82 Å². The van der Waals surface area contributed by atoms with E-state index >= 15 is 0 Å². The first kappa shape index (κ1) is 12.8. The number of benzene rings is 1. The topological polar surface area (TPSA) is 20.2 Å². The summed E-state index contributed by atoms with van der Waals surface area (Å²) in [6.07, 6.45) is 1.10. The van der Waals surface area contributed by atoms with Gasteiger partial charge in [-0.2, -0.15) is 11.3 Å². The minimum Gasteiger partial charge on any atom is -0.388 e. The first-order valence-corrected chi connectivity index (χ1v) is 7.86. The molecule has 98 valence electrons. The van der Waals surface area contributed by atoms with E-state index in [9.17, 15) is 9.50 Å². The van der Waals surface area contributed by atoms with E-state index in [0.717, 1.165) is 21.4 Å². The zero-order chi connectivity index (χ0) is 13.2. The van der Waals surface area contributed by atoms with Crippen molar-refractivity contribution in [3.05, 3.63) is 57.3 Å². The third-order valence-electron chi connectivity index (χ3n) is 3.12. The van der Waals surface area contributed by atoms with E-state index in [-0.39, 0.29) is 5.82 Å². The molecule has 0 bridgehead atoms. The monoisotopic (exact) mass is 292 g/mol. The van der Waals surface area contributed by atoms with Gasteiger partial charge < -0.3 is 5.11 Å². The molecule has 0 amide bonds. The van der Waals surface area contributed by atoms with Crippen molar-refractivity contribution in [1.82, 2.24) is 0 Å². The van der Waals surface area contributed by atoms with Crippen molar-refractivity contribution in [3.8, 4) is 0 Å². The number of rotatable bonds is 4. The standard InChI is InChI=1S/C15H13FOS2/c16-12-3-2-11-7-15(19-14(11)8-12)13(17)4-1-10-5-6-18-9-10/h2-3,5-9,13,17H,1,4H2. The van der Waals surface area contributed by atoms with Crippen LogP contribution in [0.1, 0.15) is 23.0 Å². The summed E-state index contributed by atoms with van der Waals surface area (Å²) in [5.74, 6) is -0.228. The van der Waals surface area contributed by atoms with Crippen LogP contribution in [-0.4, -0.2) is 5.11 Å². The molecule has 0 aliphatic rings. The van der Waals surface area contributed by atoms with Crippen molar-refractivity contribution < 1.29 is 9.50 Å². The van der Waals surface area contributed by atoms with Gasteiger partial charge in [-0.3, -0.25) is 0 Å². The minimum atomic E-state index is -0.472. The Bertz CT molecular complexity index is 673. The first-order chi connectivity index (χ1) is 9.22. The second-order valence-electron chi connectivity index (χ2n) is 4.52. The van der Waals surface area contributed by atoms with Gasteiger partial charge in [-0.25, -0.2) is 4.39 Å². The second kappa shape index (κ2) is 5.41. The number of fused-ring (bicyclic) bond motifs is 1. The summed E-state index contributed by atoms with van der Waals surface area (Å²) in [7, 11) is 0. The van der Waals surface area contributed by atoms with E-state index in [1.165, 1.54) is 29.0 Å². The lowest BCUT2D eigenvalue weighted by atomic mass is 10.1. The molecular formula is C15H13FOS2. The molecule has 19 heavy (non-hydrogen) atoms. The molecule has 0 radical (unpaired) electrons. The normalized spacial score (nSPS) is 12.9. The van der Waals surface area contributed by atoms with E-state index in [4.69, 9.17) is 0 Å². The lowest BCUT2D eigenvalue weighted by molar-refractivity contribution is 0.171. The zero-order valence-corrected chi connectivity index (χ0v) is 11.8. The van der Waals surface area contributed by atoms with E-state index in [2.05, 4.69) is 11.4 Å². The second-order valence-corrected chi connectivity index (χ2v) is 6.41. The van der Waals surface area contributed by atoms with Crippen LogP contribution in [0.4, 0.5) is 4.39 Å². The van der Waals surface area contributed by atoms with Gasteiger partial charge in [0, 0.05) is 9.58 Å². The quantitative estimate of drug-likeness (QED) is 0.734. The Labute approximate surface area is 119 Å². The fourth-order valence-electron chi connectivity index (χ4n) is 2.07. The van der Waals surface area contributed by atoms with E-state index < -0.39 is 6.10 Å². The lowest BCUT2D eigenvalue weighted by Gasteiger charge is -2.06. The highest BCUT2D eigenvalue weighted by Gasteiger charge is 2.12. The molecule has 0 saturated carbocycles. The molecule has 1 atom stereocenters. The van der Waals surface area contributed by atoms with Crippen molar-refractivity contribution in [2.75, 3.05) is 0 Å². The van der Waals surface area contributed by atoms with E-state index in [1.54, 1.807) is 17.4 Å². The van der Waals surface area contributed by atoms with Crippen molar-refractivity contribution in [3.63, 3.8) is 0 Å². The summed E-state index contributed by atoms with van der Waals surface area (Å²) in [5.41, 5.74) is 1.26. The average Bonchev–Trinajstić information content (AvgIpc) is 3.04. The van der Waals surface area contributed by atoms with Crippen LogP contribution in [0.5, 0.6) is 0 Å². The molecular weight excluding hydrogens is 279 g/mol. The van der Waals surface area contributed by atoms with Crippen molar-refractivity contribution in [1.29, 1.82) is 0 Å². The zero-order valence-electron chi connectivity index (χ0n) is 10.2. The van der Waals surface area contributed by atoms with Gasteiger partial charge in [0.15, 0.2) is 0 Å². The Morgan fingerprint density at radius 3 is 2.89 bits per heavy atom. The van der Waals surface area contributed by atoms with Crippen LogP contribution in [0.15, 0.2) is 41.1 Å². The fraction of sp³-hybridized carbons (Fsp3) is 0.200. The Balaban J connectivity index is 1.75. The number of aliphatic hydroxyl groups is 1. The third-order valence-corrected chi connectivity index (χ3v) is 5.05. The van der Waals surface area contributed by atoms with Crippen LogP contribution < -0.4 is 0 Å². The maximum atomic E-state index is 13.1. The highest BCUT2D eigenvalue weighted by Crippen LogP contribution is 2.32. The van der Waals surface area contributed by atoms with Gasteiger partial charge in [0.05, 0.1) is 6.10 Å². The molecule has 1 N–H and O–H groups in total. The van der Waals surface area contributed by atoms with Crippen LogP contribution in [0.3, 0.4) is 0 Å². The van der Waals surface area contributed by atoms with Gasteiger partial charge >= 0.3 is 0 Å². The van der Waals surface area contributed by atoms with Crippen molar-refractivity contribution in [2.24, 2.45) is 0 Å². The molecule has 2 aromatic heterocycles. The summed E-state index contributed by atoms with van der Waals surface area (Å²) in [6.45, 7) is 0. The highest BCUT2D eigenvalue weighted by atomic mass is 32.1. The Hall–Kier alpha value is -1.23. The third kappa shape index (κ3) is 2.86. The van der Waals surface area contributed by atoms with Crippen LogP contribution in [0.2, 0.25) is 0 Å². The maximum Gasteiger partial charge on any atom is 0.124 e. The van der Waals surface area contributed by atoms with Crippen molar-refractivity contribution >= 4 is 32.8 Å². The number of halogens is 1. The predicted molar refractivity (Wildman–Crippen MR) is 79.4 cm³/mol. The summed E-state index contributed by atoms with van der Waals surface area (Å²) < 4.78 is 14.0. The number of hydrogen-bond donors (Lipinski definition) is 1. The molecule has 3 aromatic rings. The van der Waals surface area contributed by atoms with Crippen LogP contribution in [0, 0.1) is 5.82 Å². The molecule has 0 fully saturated rings. The Morgan fingerprint density at radius 1 is 1.21 bits per heavy atom. The molecule has 0 aliphatic carbocycles. The van der Waals surface area contributed by atoms with Gasteiger partial charge in [-0.1, -0.05) is 6.07 Å². The number of hydrogen-bond acceptors (Lipinski definition) is 3. The summed E-state index contributed by atoms with van der Waals surface area (Å²) in [4.78, 5) is 0.913. The number of aliphatic hydroxyl groups excluding tert-OH is 1. The fourth-order valence-corrected chi connectivity index (χ4v) is 3.88. The van der Waals surface area contributed by atoms with E-state index in [1.807, 2.05) is 11.4 Å². The largest absolute Gasteiger partial charge is 0.388 e. The van der Waals surface area contributed by atoms with Crippen LogP contribution in [-0.2, 0) is 6.42 Å². The van der Waals surface area contributed by atoms with Crippen LogP contribution in [0.25, 0.3) is 10.1 Å². The molecule has 1 aromatic carbocycles. The number of aryl methyl sites for hydroxylation is 1. The van der Waals surface area contributed by atoms with Gasteiger partial charge in [-0.05, 0) is 58.8 Å². The smallest absolute Gasteiger partial charge is 0.124 e. The molecule has 0 spiro atoms. The molecule has 2 heterocycles.